The topological polar surface area (TPSA) is 356 Å². The molecule has 0 spiro atoms. The van der Waals surface area contributed by atoms with Crippen molar-refractivity contribution in [1.29, 1.82) is 0 Å². The minimum Gasteiger partial charge on any atom is -0.394 e. The Morgan fingerprint density at radius 3 is 1.60 bits per heavy atom. The van der Waals surface area contributed by atoms with Gasteiger partial charge in [0.1, 0.15) is 97.7 Å². The van der Waals surface area contributed by atoms with E-state index in [2.05, 4.69) is 0 Å². The van der Waals surface area contributed by atoms with Gasteiger partial charge >= 0.3 is 0 Å². The van der Waals surface area contributed by atoms with Crippen LogP contribution in [0.15, 0.2) is 0 Å². The molecule has 0 saturated carbocycles. The maximum Gasteiger partial charge on any atom is 0.187 e. The van der Waals surface area contributed by atoms with Gasteiger partial charge in [-0.25, -0.2) is 0 Å². The highest BCUT2D eigenvalue weighted by Crippen LogP contribution is 2.33. The molecule has 0 amide bonds. The molecule has 3 aliphatic heterocycles. The van der Waals surface area contributed by atoms with Crippen LogP contribution >= 0.6 is 0 Å². The van der Waals surface area contributed by atoms with E-state index in [1.54, 1.807) is 0 Å². The molecule has 0 bridgehead atoms. The van der Waals surface area contributed by atoms with Crippen LogP contribution in [-0.2, 0) is 33.2 Å². The lowest BCUT2D eigenvalue weighted by molar-refractivity contribution is -0.383. The van der Waals surface area contributed by atoms with E-state index in [1.165, 1.54) is 0 Å². The van der Waals surface area contributed by atoms with Crippen molar-refractivity contribution in [2.75, 3.05) is 26.4 Å². The third-order valence-electron chi connectivity index (χ3n) is 7.76. The molecule has 3 heterocycles. The van der Waals surface area contributed by atoms with Crippen LogP contribution in [0.4, 0.5) is 0 Å². The van der Waals surface area contributed by atoms with E-state index in [1.807, 2.05) is 0 Å². The molecule has 21 nitrogen and oxygen atoms in total. The van der Waals surface area contributed by atoms with Gasteiger partial charge in [0.25, 0.3) is 0 Å². The van der Waals surface area contributed by atoms with Crippen LogP contribution in [0.1, 0.15) is 0 Å². The van der Waals surface area contributed by atoms with Gasteiger partial charge in [0, 0.05) is 0 Å². The molecule has 21 heteroatoms. The summed E-state index contributed by atoms with van der Waals surface area (Å²) in [5.41, 5.74) is 0. The van der Waals surface area contributed by atoms with Crippen molar-refractivity contribution in [1.82, 2.24) is 0 Å². The molecule has 0 aromatic rings. The van der Waals surface area contributed by atoms with Gasteiger partial charge in [-0.3, -0.25) is 0 Å². The van der Waals surface area contributed by atoms with Gasteiger partial charge in [0.2, 0.25) is 0 Å². The molecule has 3 saturated heterocycles. The van der Waals surface area contributed by atoms with Gasteiger partial charge in [-0.1, -0.05) is 0 Å². The zero-order chi connectivity index (χ0) is 33.7. The summed E-state index contributed by atoms with van der Waals surface area (Å²) in [6.45, 7) is -3.74. The first-order valence-corrected chi connectivity index (χ1v) is 13.9. The molecule has 0 aromatic carbocycles. The highest BCUT2D eigenvalue weighted by Gasteiger charge is 2.54. The summed E-state index contributed by atoms with van der Waals surface area (Å²) in [6.07, 6.45) is -35.9. The van der Waals surface area contributed by atoms with Crippen molar-refractivity contribution in [2.45, 2.75) is 117 Å². The highest BCUT2D eigenvalue weighted by atomic mass is 16.8. The van der Waals surface area contributed by atoms with E-state index in [9.17, 15) is 76.3 Å². The molecule has 14 N–H and O–H groups in total. The molecule has 45 heavy (non-hydrogen) atoms. The Bertz CT molecular complexity index is 897. The second-order valence-corrected chi connectivity index (χ2v) is 10.8. The molecule has 0 radical (unpaired) electrons. The average Bonchev–Trinajstić information content (AvgIpc) is 3.04. The van der Waals surface area contributed by atoms with Crippen LogP contribution in [0.3, 0.4) is 0 Å². The van der Waals surface area contributed by atoms with Gasteiger partial charge in [-0.15, -0.1) is 0 Å². The lowest BCUT2D eigenvalue weighted by atomic mass is 9.96. The van der Waals surface area contributed by atoms with Crippen molar-refractivity contribution in [2.24, 2.45) is 0 Å². The maximum atomic E-state index is 10.9. The Hall–Kier alpha value is -1.13. The molecule has 0 aromatic heterocycles. The largest absolute Gasteiger partial charge is 0.394 e. The van der Waals surface area contributed by atoms with Crippen molar-refractivity contribution in [3.8, 4) is 0 Å². The second kappa shape index (κ2) is 16.8. The zero-order valence-corrected chi connectivity index (χ0v) is 23.5. The van der Waals surface area contributed by atoms with E-state index < -0.39 is 143 Å². The van der Waals surface area contributed by atoms with E-state index in [4.69, 9.17) is 28.4 Å². The molecule has 3 aliphatic rings. The monoisotopic (exact) mass is 666 g/mol. The van der Waals surface area contributed by atoms with Crippen LogP contribution in [0, 0.1) is 0 Å². The molecule has 3 rings (SSSR count). The third kappa shape index (κ3) is 8.30. The van der Waals surface area contributed by atoms with Crippen molar-refractivity contribution >= 4 is 6.29 Å². The van der Waals surface area contributed by atoms with Crippen molar-refractivity contribution in [3.05, 3.63) is 0 Å². The van der Waals surface area contributed by atoms with E-state index in [0.717, 1.165) is 0 Å². The standard InChI is InChI=1S/C24H42O21/c25-1-6(30)11(32)19(7(31)2-26)43-24-18(39)21(13(34)9(4-28)41-24)45-23-17(38)15(36)20(10(5-29)42-23)44-22-16(37)14(35)12(33)8(3-27)40-22/h1,6-24,26-39H,2-5H2/t6-,7+,8+,9+,10+,11+,12+,13+,14-,15+,16+,17+,18+,19+,20+,21-,22-,23-,24-/m0/s1. The molecule has 0 aliphatic carbocycles. The third-order valence-corrected chi connectivity index (χ3v) is 7.76. The summed E-state index contributed by atoms with van der Waals surface area (Å²) in [5, 5.41) is 142. The molecule has 3 fully saturated rings. The Morgan fingerprint density at radius 2 is 1.07 bits per heavy atom. The second-order valence-electron chi connectivity index (χ2n) is 10.8. The molecule has 0 unspecified atom stereocenters. The summed E-state index contributed by atoms with van der Waals surface area (Å²) in [5.74, 6) is 0. The Kier molecular flexibility index (Phi) is 14.3. The summed E-state index contributed by atoms with van der Waals surface area (Å²) in [6, 6.07) is 0. The fraction of sp³-hybridized carbons (Fsp3) is 0.958. The lowest BCUT2D eigenvalue weighted by Gasteiger charge is -2.48. The quantitative estimate of drug-likeness (QED) is 0.0765. The smallest absolute Gasteiger partial charge is 0.187 e. The molecular formula is C24H42O21. The predicted octanol–water partition coefficient (Wildman–Crippen LogP) is -9.91. The maximum absolute atomic E-state index is 10.9. The lowest BCUT2D eigenvalue weighted by Crippen LogP contribution is -2.67. The first-order valence-electron chi connectivity index (χ1n) is 13.9. The molecule has 264 valence electrons. The fourth-order valence-corrected chi connectivity index (χ4v) is 5.08. The fourth-order valence-electron chi connectivity index (χ4n) is 5.08. The highest BCUT2D eigenvalue weighted by molar-refractivity contribution is 5.56. The van der Waals surface area contributed by atoms with Gasteiger partial charge in [0.05, 0.1) is 26.4 Å². The Balaban J connectivity index is 1.78. The van der Waals surface area contributed by atoms with E-state index in [-0.39, 0.29) is 6.29 Å². The van der Waals surface area contributed by atoms with Crippen LogP contribution in [0.5, 0.6) is 0 Å². The average molecular weight is 667 g/mol. The van der Waals surface area contributed by atoms with Crippen LogP contribution < -0.4 is 0 Å². The van der Waals surface area contributed by atoms with Crippen molar-refractivity contribution < 1.29 is 105 Å². The van der Waals surface area contributed by atoms with Gasteiger partial charge in [-0.2, -0.15) is 0 Å². The predicted molar refractivity (Wildman–Crippen MR) is 135 cm³/mol. The molecule has 19 atom stereocenters. The number of hydrogen-bond donors (Lipinski definition) is 14. The SMILES string of the molecule is O=C[C@H](O)[C@@H](O)[C@H](O[C@@H]1O[C@H](CO)[C@@H](O)[C@H](O[C@@H]2O[C@H](CO)[C@@H](O[C@@H]3O[C@H](CO)[C@@H](O)[C@H](O)[C@H]3O)[C@H](O)[C@H]2O)[C@H]1O)[C@H](O)CO. The van der Waals surface area contributed by atoms with Crippen LogP contribution in [0.2, 0.25) is 0 Å². The van der Waals surface area contributed by atoms with Gasteiger partial charge in [0.15, 0.2) is 25.2 Å². The van der Waals surface area contributed by atoms with Crippen LogP contribution in [0.25, 0.3) is 0 Å². The summed E-state index contributed by atoms with van der Waals surface area (Å²) in [4.78, 5) is 10.9. The zero-order valence-electron chi connectivity index (χ0n) is 23.5. The van der Waals surface area contributed by atoms with Crippen molar-refractivity contribution in [3.63, 3.8) is 0 Å². The minimum atomic E-state index is -2.16. The number of ether oxygens (including phenoxy) is 6. The Labute approximate surface area is 254 Å². The summed E-state index contributed by atoms with van der Waals surface area (Å²) < 4.78 is 32.3. The summed E-state index contributed by atoms with van der Waals surface area (Å²) >= 11 is 0. The number of hydrogen-bond acceptors (Lipinski definition) is 21. The minimum absolute atomic E-state index is 0.102. The molecular weight excluding hydrogens is 624 g/mol. The Morgan fingerprint density at radius 1 is 0.578 bits per heavy atom. The number of aliphatic hydroxyl groups is 14. The number of aldehydes is 1. The number of rotatable bonds is 14. The first-order chi connectivity index (χ1) is 21.2. The number of carbonyl (C=O) groups is 1. The normalized spacial score (nSPS) is 45.4. The van der Waals surface area contributed by atoms with E-state index in [0.29, 0.717) is 0 Å². The number of carbonyl (C=O) groups excluding carboxylic acids is 1. The van der Waals surface area contributed by atoms with Crippen LogP contribution in [-0.4, -0.2) is 221 Å². The van der Waals surface area contributed by atoms with Gasteiger partial charge < -0.3 is 105 Å². The van der Waals surface area contributed by atoms with E-state index >= 15 is 0 Å². The summed E-state index contributed by atoms with van der Waals surface area (Å²) in [7, 11) is 0. The first kappa shape index (κ1) is 38.3. The van der Waals surface area contributed by atoms with Gasteiger partial charge in [-0.05, 0) is 0 Å². The number of aliphatic hydroxyl groups excluding tert-OH is 14.